The molecule has 0 aliphatic carbocycles. The van der Waals surface area contributed by atoms with E-state index in [9.17, 15) is 4.79 Å². The molecule has 0 unspecified atom stereocenters. The molecular weight excluding hydrogens is 496 g/mol. The van der Waals surface area contributed by atoms with E-state index in [1.54, 1.807) is 30.3 Å². The summed E-state index contributed by atoms with van der Waals surface area (Å²) in [7, 11) is 0. The molecule has 0 aliphatic rings. The Labute approximate surface area is 236 Å². The van der Waals surface area contributed by atoms with Crippen LogP contribution in [0.4, 0.5) is 0 Å². The minimum atomic E-state index is -0.450. The summed E-state index contributed by atoms with van der Waals surface area (Å²) < 4.78 is 17.2. The molecule has 0 spiro atoms. The van der Waals surface area contributed by atoms with Gasteiger partial charge in [0.1, 0.15) is 17.2 Å². The van der Waals surface area contributed by atoms with Gasteiger partial charge >= 0.3 is 5.97 Å². The summed E-state index contributed by atoms with van der Waals surface area (Å²) in [5.74, 6) is 1.41. The average molecular weight is 545 g/mol. The van der Waals surface area contributed by atoms with E-state index in [1.807, 2.05) is 12.1 Å². The molecule has 0 radical (unpaired) electrons. The third kappa shape index (κ3) is 14.1. The molecule has 4 nitrogen and oxygen atoms in total. The molecule has 0 heterocycles. The van der Waals surface area contributed by atoms with Gasteiger partial charge in [-0.25, -0.2) is 4.79 Å². The van der Waals surface area contributed by atoms with Crippen molar-refractivity contribution in [3.8, 4) is 17.2 Å². The lowest BCUT2D eigenvalue weighted by atomic mass is 10.1. The zero-order valence-corrected chi connectivity index (χ0v) is 24.5. The largest absolute Gasteiger partial charge is 0.494 e. The van der Waals surface area contributed by atoms with Crippen molar-refractivity contribution in [3.05, 3.63) is 53.1 Å². The number of rotatable bonds is 22. The van der Waals surface area contributed by atoms with Crippen molar-refractivity contribution in [2.45, 2.75) is 117 Å². The van der Waals surface area contributed by atoms with E-state index >= 15 is 0 Å². The second-order valence-electron chi connectivity index (χ2n) is 10.2. The van der Waals surface area contributed by atoms with Gasteiger partial charge in [-0.15, -0.1) is 0 Å². The average Bonchev–Trinajstić information content (AvgIpc) is 2.92. The maximum atomic E-state index is 12.6. The predicted octanol–water partition coefficient (Wildman–Crippen LogP) is 10.6. The molecular formula is C33H49ClO4. The lowest BCUT2D eigenvalue weighted by Gasteiger charge is -2.10. The number of carbonyl (C=O) groups excluding carboxylic acids is 1. The van der Waals surface area contributed by atoms with Crippen LogP contribution in [0, 0.1) is 0 Å². The first-order valence-corrected chi connectivity index (χ1v) is 15.4. The summed E-state index contributed by atoms with van der Waals surface area (Å²) in [6.45, 7) is 5.83. The summed E-state index contributed by atoms with van der Waals surface area (Å²) in [4.78, 5) is 12.6. The molecule has 0 N–H and O–H groups in total. The van der Waals surface area contributed by atoms with Gasteiger partial charge in [-0.1, -0.05) is 115 Å². The maximum absolute atomic E-state index is 12.6. The van der Waals surface area contributed by atoms with Crippen LogP contribution in [0.15, 0.2) is 42.5 Å². The molecule has 0 saturated heterocycles. The molecule has 0 amide bonds. The van der Waals surface area contributed by atoms with Crippen LogP contribution in [0.3, 0.4) is 0 Å². The van der Waals surface area contributed by atoms with Crippen LogP contribution in [0.25, 0.3) is 0 Å². The summed E-state index contributed by atoms with van der Waals surface area (Å²) in [6.07, 6.45) is 20.2. The SMILES string of the molecule is CCCCCCCCCCOc1ccc(OC(=O)c2ccc(OCCCCCCCCCC)c(Cl)c2)cc1. The fourth-order valence-electron chi connectivity index (χ4n) is 4.36. The van der Waals surface area contributed by atoms with Crippen molar-refractivity contribution >= 4 is 17.6 Å². The third-order valence-electron chi connectivity index (χ3n) is 6.72. The third-order valence-corrected chi connectivity index (χ3v) is 7.02. The van der Waals surface area contributed by atoms with E-state index in [0.717, 1.165) is 25.0 Å². The Morgan fingerprint density at radius 3 is 1.61 bits per heavy atom. The molecule has 0 aliphatic heterocycles. The molecule has 2 rings (SSSR count). The Morgan fingerprint density at radius 2 is 1.08 bits per heavy atom. The second-order valence-corrected chi connectivity index (χ2v) is 10.6. The quantitative estimate of drug-likeness (QED) is 0.0839. The fraction of sp³-hybridized carbons (Fsp3) is 0.606. The molecule has 2 aromatic carbocycles. The highest BCUT2D eigenvalue weighted by atomic mass is 35.5. The smallest absolute Gasteiger partial charge is 0.343 e. The highest BCUT2D eigenvalue weighted by molar-refractivity contribution is 6.32. The lowest BCUT2D eigenvalue weighted by molar-refractivity contribution is 0.0734. The van der Waals surface area contributed by atoms with Crippen LogP contribution in [0.5, 0.6) is 17.2 Å². The second kappa shape index (κ2) is 20.7. The van der Waals surface area contributed by atoms with Crippen LogP contribution >= 0.6 is 11.6 Å². The zero-order valence-electron chi connectivity index (χ0n) is 23.8. The van der Waals surface area contributed by atoms with Crippen LogP contribution in [0.2, 0.25) is 5.02 Å². The highest BCUT2D eigenvalue weighted by Crippen LogP contribution is 2.27. The summed E-state index contributed by atoms with van der Waals surface area (Å²) >= 11 is 6.37. The molecule has 5 heteroatoms. The van der Waals surface area contributed by atoms with E-state index in [2.05, 4.69) is 13.8 Å². The zero-order chi connectivity index (χ0) is 27.3. The van der Waals surface area contributed by atoms with Gasteiger partial charge in [0.15, 0.2) is 0 Å². The van der Waals surface area contributed by atoms with Gasteiger partial charge in [0.05, 0.1) is 23.8 Å². The molecule has 0 bridgehead atoms. The van der Waals surface area contributed by atoms with Gasteiger partial charge in [0, 0.05) is 0 Å². The number of carbonyl (C=O) groups is 1. The van der Waals surface area contributed by atoms with E-state index < -0.39 is 5.97 Å². The maximum Gasteiger partial charge on any atom is 0.343 e. The minimum absolute atomic E-state index is 0.393. The van der Waals surface area contributed by atoms with Gasteiger partial charge in [-0.2, -0.15) is 0 Å². The van der Waals surface area contributed by atoms with Crippen molar-refractivity contribution in [3.63, 3.8) is 0 Å². The molecule has 38 heavy (non-hydrogen) atoms. The number of esters is 1. The number of halogens is 1. The number of ether oxygens (including phenoxy) is 3. The Kier molecular flexibility index (Phi) is 17.5. The van der Waals surface area contributed by atoms with E-state index in [-0.39, 0.29) is 0 Å². The van der Waals surface area contributed by atoms with E-state index in [0.29, 0.717) is 35.3 Å². The highest BCUT2D eigenvalue weighted by Gasteiger charge is 2.12. The number of hydrogen-bond acceptors (Lipinski definition) is 4. The van der Waals surface area contributed by atoms with E-state index in [4.69, 9.17) is 25.8 Å². The predicted molar refractivity (Wildman–Crippen MR) is 159 cm³/mol. The van der Waals surface area contributed by atoms with Crippen LogP contribution in [0.1, 0.15) is 127 Å². The lowest BCUT2D eigenvalue weighted by Crippen LogP contribution is -2.09. The monoisotopic (exact) mass is 544 g/mol. The van der Waals surface area contributed by atoms with E-state index in [1.165, 1.54) is 83.5 Å². The summed E-state index contributed by atoms with van der Waals surface area (Å²) in [5, 5.41) is 0.420. The van der Waals surface area contributed by atoms with Gasteiger partial charge < -0.3 is 14.2 Å². The van der Waals surface area contributed by atoms with Gasteiger partial charge in [-0.3, -0.25) is 0 Å². The Hall–Kier alpha value is -2.20. The fourth-order valence-corrected chi connectivity index (χ4v) is 4.59. The topological polar surface area (TPSA) is 44.8 Å². The van der Waals surface area contributed by atoms with Crippen molar-refractivity contribution in [1.29, 1.82) is 0 Å². The van der Waals surface area contributed by atoms with Crippen LogP contribution in [-0.4, -0.2) is 19.2 Å². The molecule has 0 atom stereocenters. The first kappa shape index (κ1) is 32.0. The Balaban J connectivity index is 1.63. The Morgan fingerprint density at radius 1 is 0.605 bits per heavy atom. The van der Waals surface area contributed by atoms with Gasteiger partial charge in [0.2, 0.25) is 0 Å². The standard InChI is InChI=1S/C33H49ClO4/c1-3-5-7-9-11-13-15-17-25-36-29-20-22-30(23-21-29)38-33(35)28-19-24-32(31(34)27-28)37-26-18-16-14-12-10-8-6-4-2/h19-24,27H,3-18,25-26H2,1-2H3. The first-order chi connectivity index (χ1) is 18.6. The minimum Gasteiger partial charge on any atom is -0.494 e. The normalized spacial score (nSPS) is 10.9. The molecule has 0 saturated carbocycles. The molecule has 2 aromatic rings. The van der Waals surface area contributed by atoms with Gasteiger partial charge in [-0.05, 0) is 55.3 Å². The number of hydrogen-bond donors (Lipinski definition) is 0. The van der Waals surface area contributed by atoms with Crippen molar-refractivity contribution < 1.29 is 19.0 Å². The number of unbranched alkanes of at least 4 members (excludes halogenated alkanes) is 14. The van der Waals surface area contributed by atoms with Crippen molar-refractivity contribution in [2.75, 3.05) is 13.2 Å². The number of benzene rings is 2. The first-order valence-electron chi connectivity index (χ1n) is 15.0. The summed E-state index contributed by atoms with van der Waals surface area (Å²) in [6, 6.07) is 12.2. The van der Waals surface area contributed by atoms with Crippen molar-refractivity contribution in [2.24, 2.45) is 0 Å². The van der Waals surface area contributed by atoms with Crippen LogP contribution < -0.4 is 14.2 Å². The Bertz CT molecular complexity index is 881. The van der Waals surface area contributed by atoms with Crippen LogP contribution in [-0.2, 0) is 0 Å². The van der Waals surface area contributed by atoms with Gasteiger partial charge in [0.25, 0.3) is 0 Å². The summed E-state index contributed by atoms with van der Waals surface area (Å²) in [5.41, 5.74) is 0.393. The molecule has 212 valence electrons. The van der Waals surface area contributed by atoms with Crippen molar-refractivity contribution in [1.82, 2.24) is 0 Å². The molecule has 0 fully saturated rings. The molecule has 0 aromatic heterocycles.